The van der Waals surface area contributed by atoms with E-state index in [2.05, 4.69) is 24.4 Å². The second-order valence-electron chi connectivity index (χ2n) is 6.80. The summed E-state index contributed by atoms with van der Waals surface area (Å²) < 4.78 is 23.7. The minimum atomic E-state index is -3.44. The minimum Gasteiger partial charge on any atom is -0.395 e. The number of carbonyl (C=O) groups excluding carboxylic acids is 1. The maximum atomic E-state index is 12.1. The number of sulfone groups is 1. The van der Waals surface area contributed by atoms with E-state index in [1.54, 1.807) is 12.1 Å². The van der Waals surface area contributed by atoms with Gasteiger partial charge < -0.3 is 10.4 Å². The Hall–Kier alpha value is -2.18. The molecule has 27 heavy (non-hydrogen) atoms. The predicted octanol–water partition coefficient (Wildman–Crippen LogP) is 2.73. The first-order chi connectivity index (χ1) is 12.9. The van der Waals surface area contributed by atoms with Crippen molar-refractivity contribution in [1.82, 2.24) is 5.32 Å². The van der Waals surface area contributed by atoms with Crippen LogP contribution in [0, 0.1) is 5.92 Å². The molecule has 0 fully saturated rings. The van der Waals surface area contributed by atoms with Gasteiger partial charge >= 0.3 is 0 Å². The third-order valence-electron chi connectivity index (χ3n) is 4.43. The summed E-state index contributed by atoms with van der Waals surface area (Å²) in [5.74, 6) is -0.00650. The molecule has 0 bridgehead atoms. The zero-order chi connectivity index (χ0) is 19.7. The van der Waals surface area contributed by atoms with Crippen molar-refractivity contribution in [3.05, 3.63) is 65.7 Å². The predicted molar refractivity (Wildman–Crippen MR) is 106 cm³/mol. The molecule has 146 valence electrons. The van der Waals surface area contributed by atoms with Gasteiger partial charge in [0.2, 0.25) is 5.91 Å². The molecule has 1 atom stereocenters. The van der Waals surface area contributed by atoms with Crippen LogP contribution in [0.1, 0.15) is 30.9 Å². The third-order valence-corrected chi connectivity index (χ3v) is 6.15. The van der Waals surface area contributed by atoms with Crippen LogP contribution in [0.25, 0.3) is 0 Å². The summed E-state index contributed by atoms with van der Waals surface area (Å²) in [6, 6.07) is 16.6. The van der Waals surface area contributed by atoms with Gasteiger partial charge in [-0.1, -0.05) is 49.4 Å². The monoisotopic (exact) mass is 389 g/mol. The number of rotatable bonds is 10. The highest BCUT2D eigenvalue weighted by Gasteiger charge is 2.13. The second-order valence-corrected chi connectivity index (χ2v) is 8.91. The lowest BCUT2D eigenvalue weighted by Crippen LogP contribution is -2.24. The molecule has 2 aromatic rings. The van der Waals surface area contributed by atoms with Crippen molar-refractivity contribution < 1.29 is 18.3 Å². The average molecular weight is 390 g/mol. The summed E-state index contributed by atoms with van der Waals surface area (Å²) in [6.07, 6.45) is 2.38. The molecule has 0 unspecified atom stereocenters. The lowest BCUT2D eigenvalue weighted by molar-refractivity contribution is -0.122. The van der Waals surface area contributed by atoms with Gasteiger partial charge in [-0.15, -0.1) is 0 Å². The van der Waals surface area contributed by atoms with E-state index in [1.165, 1.54) is 17.7 Å². The topological polar surface area (TPSA) is 83.5 Å². The van der Waals surface area contributed by atoms with Crippen LogP contribution in [0.3, 0.4) is 0 Å². The van der Waals surface area contributed by atoms with Crippen molar-refractivity contribution in [1.29, 1.82) is 0 Å². The highest BCUT2D eigenvalue weighted by Crippen LogP contribution is 2.14. The molecule has 0 aliphatic heterocycles. The molecule has 5 nitrogen and oxygen atoms in total. The number of nitrogens with one attached hydrogen (secondary N) is 1. The van der Waals surface area contributed by atoms with Crippen molar-refractivity contribution in [2.75, 3.05) is 12.4 Å². The zero-order valence-corrected chi connectivity index (χ0v) is 16.4. The molecule has 0 aliphatic carbocycles. The fourth-order valence-corrected chi connectivity index (χ4v) is 3.83. The zero-order valence-electron chi connectivity index (χ0n) is 15.6. The normalized spacial score (nSPS) is 12.5. The molecular weight excluding hydrogens is 362 g/mol. The van der Waals surface area contributed by atoms with Crippen molar-refractivity contribution in [3.63, 3.8) is 0 Å². The number of hydrogen-bond donors (Lipinski definition) is 2. The molecule has 2 N–H and O–H groups in total. The number of benzene rings is 2. The molecule has 2 aromatic carbocycles. The lowest BCUT2D eigenvalue weighted by Gasteiger charge is -2.12. The molecule has 1 amide bonds. The van der Waals surface area contributed by atoms with E-state index >= 15 is 0 Å². The highest BCUT2D eigenvalue weighted by atomic mass is 32.2. The Morgan fingerprint density at radius 1 is 1.04 bits per heavy atom. The number of amides is 1. The Morgan fingerprint density at radius 3 is 2.33 bits per heavy atom. The van der Waals surface area contributed by atoms with E-state index in [-0.39, 0.29) is 22.5 Å². The number of carbonyl (C=O) groups is 1. The van der Waals surface area contributed by atoms with Crippen LogP contribution >= 0.6 is 0 Å². The van der Waals surface area contributed by atoms with Gasteiger partial charge in [-0.25, -0.2) is 8.42 Å². The van der Waals surface area contributed by atoms with Gasteiger partial charge in [0.1, 0.15) is 0 Å². The highest BCUT2D eigenvalue weighted by molar-refractivity contribution is 7.91. The summed E-state index contributed by atoms with van der Waals surface area (Å²) >= 11 is 0. The SMILES string of the molecule is C[C@@H](CCc1ccccc1)CC(=O)NCc1ccc(S(=O)(=O)CCO)cc1. The Balaban J connectivity index is 1.76. The van der Waals surface area contributed by atoms with Gasteiger partial charge in [-0.05, 0) is 42.0 Å². The molecule has 0 heterocycles. The van der Waals surface area contributed by atoms with Gasteiger partial charge in [0, 0.05) is 13.0 Å². The first-order valence-corrected chi connectivity index (χ1v) is 10.8. The molecule has 0 aliphatic rings. The van der Waals surface area contributed by atoms with E-state index in [0.29, 0.717) is 13.0 Å². The summed E-state index contributed by atoms with van der Waals surface area (Å²) in [7, 11) is -3.44. The Kier molecular flexibility index (Phi) is 8.00. The third kappa shape index (κ3) is 7.15. The Bertz CT molecular complexity index is 817. The summed E-state index contributed by atoms with van der Waals surface area (Å²) in [5, 5.41) is 11.7. The second kappa shape index (κ2) is 10.2. The summed E-state index contributed by atoms with van der Waals surface area (Å²) in [4.78, 5) is 12.3. The smallest absolute Gasteiger partial charge is 0.220 e. The van der Waals surface area contributed by atoms with E-state index in [0.717, 1.165) is 18.4 Å². The van der Waals surface area contributed by atoms with E-state index in [4.69, 9.17) is 5.11 Å². The van der Waals surface area contributed by atoms with Gasteiger partial charge in [-0.3, -0.25) is 4.79 Å². The first-order valence-electron chi connectivity index (χ1n) is 9.14. The number of aryl methyl sites for hydroxylation is 1. The van der Waals surface area contributed by atoms with E-state index in [9.17, 15) is 13.2 Å². The Labute approximate surface area is 161 Å². The van der Waals surface area contributed by atoms with E-state index < -0.39 is 16.4 Å². The van der Waals surface area contributed by atoms with Crippen molar-refractivity contribution in [2.24, 2.45) is 5.92 Å². The molecule has 6 heteroatoms. The molecule has 0 spiro atoms. The minimum absolute atomic E-state index is 0.00691. The number of hydrogen-bond acceptors (Lipinski definition) is 4. The van der Waals surface area contributed by atoms with Crippen LogP contribution < -0.4 is 5.32 Å². The van der Waals surface area contributed by atoms with Crippen molar-refractivity contribution in [3.8, 4) is 0 Å². The molecule has 0 saturated carbocycles. The maximum absolute atomic E-state index is 12.1. The number of aliphatic hydroxyl groups excluding tert-OH is 1. The standard InChI is InChI=1S/C21H27NO4S/c1-17(7-8-18-5-3-2-4-6-18)15-21(24)22-16-19-9-11-20(12-10-19)27(25,26)14-13-23/h2-6,9-12,17,23H,7-8,13-16H2,1H3,(H,22,24)/t17-/m0/s1. The van der Waals surface area contributed by atoms with Gasteiger partial charge in [0.15, 0.2) is 9.84 Å². The molecular formula is C21H27NO4S. The molecule has 2 rings (SSSR count). The maximum Gasteiger partial charge on any atom is 0.220 e. The largest absolute Gasteiger partial charge is 0.395 e. The van der Waals surface area contributed by atoms with Gasteiger partial charge in [-0.2, -0.15) is 0 Å². The van der Waals surface area contributed by atoms with Crippen molar-refractivity contribution >= 4 is 15.7 Å². The summed E-state index contributed by atoms with van der Waals surface area (Å²) in [5.41, 5.74) is 2.12. The molecule has 0 saturated heterocycles. The molecule has 0 radical (unpaired) electrons. The fourth-order valence-electron chi connectivity index (χ4n) is 2.80. The number of aliphatic hydroxyl groups is 1. The van der Waals surface area contributed by atoms with Crippen LogP contribution in [0.4, 0.5) is 0 Å². The Morgan fingerprint density at radius 2 is 1.70 bits per heavy atom. The van der Waals surface area contributed by atoms with Crippen LogP contribution in [0.2, 0.25) is 0 Å². The van der Waals surface area contributed by atoms with Crippen LogP contribution in [-0.4, -0.2) is 31.8 Å². The van der Waals surface area contributed by atoms with Crippen LogP contribution in [0.5, 0.6) is 0 Å². The fraction of sp³-hybridized carbons (Fsp3) is 0.381. The van der Waals surface area contributed by atoms with Crippen LogP contribution in [0.15, 0.2) is 59.5 Å². The van der Waals surface area contributed by atoms with Crippen molar-refractivity contribution in [2.45, 2.75) is 37.6 Å². The summed E-state index contributed by atoms with van der Waals surface area (Å²) in [6.45, 7) is 2.04. The van der Waals surface area contributed by atoms with Gasteiger partial charge in [0.05, 0.1) is 17.3 Å². The van der Waals surface area contributed by atoms with Gasteiger partial charge in [0.25, 0.3) is 0 Å². The first kappa shape index (κ1) is 21.1. The lowest BCUT2D eigenvalue weighted by atomic mass is 9.98. The average Bonchev–Trinajstić information content (AvgIpc) is 2.66. The molecule has 0 aromatic heterocycles. The van der Waals surface area contributed by atoms with Crippen LogP contribution in [-0.2, 0) is 27.6 Å². The quantitative estimate of drug-likeness (QED) is 0.654. The van der Waals surface area contributed by atoms with E-state index in [1.807, 2.05) is 18.2 Å².